The lowest BCUT2D eigenvalue weighted by Gasteiger charge is -2.39. The molecule has 3 rings (SSSR count). The molecule has 1 heterocycles. The molecule has 1 amide bonds. The van der Waals surface area contributed by atoms with Crippen molar-refractivity contribution in [2.45, 2.75) is 62.5 Å². The molecular weight excluding hydrogens is 410 g/mol. The molecule has 0 radical (unpaired) electrons. The molecule has 2 fully saturated rings. The van der Waals surface area contributed by atoms with Gasteiger partial charge in [0.25, 0.3) is 0 Å². The summed E-state index contributed by atoms with van der Waals surface area (Å²) in [6, 6.07) is 6.26. The minimum absolute atomic E-state index is 0. The van der Waals surface area contributed by atoms with Crippen molar-refractivity contribution in [3.63, 3.8) is 0 Å². The van der Waals surface area contributed by atoms with Crippen LogP contribution in [0.5, 0.6) is 0 Å². The number of benzene rings is 1. The number of amides is 1. The summed E-state index contributed by atoms with van der Waals surface area (Å²) in [5.41, 5.74) is -0.578. The van der Waals surface area contributed by atoms with E-state index in [2.05, 4.69) is 5.32 Å². The number of likely N-dealkylation sites (tertiary alicyclic amines) is 1. The standard InChI is InChI=1S/C20H23F4N3O.ClH/c21-16-10-17(11-25)27(13-16)18(28)12-26-19(8-2-1-3-9-19)14-4-6-15(7-5-14)20(22,23)24;/h4-7,16-17,26H,1-3,8-10,12-13H2;1H/t16-,17-;/m0./s1. The van der Waals surface area contributed by atoms with E-state index in [4.69, 9.17) is 5.26 Å². The Kier molecular flexibility index (Phi) is 7.52. The third-order valence-electron chi connectivity index (χ3n) is 5.77. The van der Waals surface area contributed by atoms with Gasteiger partial charge in [0, 0.05) is 12.0 Å². The molecule has 0 bridgehead atoms. The molecule has 1 aromatic rings. The first-order chi connectivity index (χ1) is 13.2. The molecule has 0 aromatic heterocycles. The minimum atomic E-state index is -4.40. The zero-order chi connectivity index (χ0) is 20.4. The van der Waals surface area contributed by atoms with Gasteiger partial charge in [0.1, 0.15) is 12.2 Å². The second-order valence-electron chi connectivity index (χ2n) is 7.60. The van der Waals surface area contributed by atoms with Gasteiger partial charge in [-0.1, -0.05) is 31.4 Å². The lowest BCUT2D eigenvalue weighted by Crippen LogP contribution is -2.49. The van der Waals surface area contributed by atoms with Crippen LogP contribution in [0, 0.1) is 11.3 Å². The molecule has 1 saturated carbocycles. The summed E-state index contributed by atoms with van der Waals surface area (Å²) in [5.74, 6) is -0.358. The van der Waals surface area contributed by atoms with Crippen LogP contribution in [0.25, 0.3) is 0 Å². The number of alkyl halides is 4. The first kappa shape index (κ1) is 23.4. The molecule has 9 heteroatoms. The Hall–Kier alpha value is -1.85. The highest BCUT2D eigenvalue weighted by atomic mass is 35.5. The molecule has 29 heavy (non-hydrogen) atoms. The molecule has 1 N–H and O–H groups in total. The lowest BCUT2D eigenvalue weighted by molar-refractivity contribution is -0.137. The monoisotopic (exact) mass is 433 g/mol. The van der Waals surface area contributed by atoms with E-state index in [9.17, 15) is 22.4 Å². The Morgan fingerprint density at radius 3 is 2.38 bits per heavy atom. The highest BCUT2D eigenvalue weighted by Crippen LogP contribution is 2.38. The number of rotatable bonds is 4. The maximum Gasteiger partial charge on any atom is 0.416 e. The number of hydrogen-bond acceptors (Lipinski definition) is 3. The zero-order valence-corrected chi connectivity index (χ0v) is 16.7. The number of nitrogens with zero attached hydrogens (tertiary/aromatic N) is 2. The number of carbonyl (C=O) groups excluding carboxylic acids is 1. The fraction of sp³-hybridized carbons (Fsp3) is 0.600. The summed E-state index contributed by atoms with van der Waals surface area (Å²) in [6.45, 7) is -0.169. The fourth-order valence-corrected chi connectivity index (χ4v) is 4.23. The van der Waals surface area contributed by atoms with Gasteiger partial charge in [-0.15, -0.1) is 12.4 Å². The van der Waals surface area contributed by atoms with Crippen molar-refractivity contribution in [2.75, 3.05) is 13.1 Å². The summed E-state index contributed by atoms with van der Waals surface area (Å²) >= 11 is 0. The molecule has 1 aliphatic heterocycles. The van der Waals surface area contributed by atoms with E-state index in [1.54, 1.807) is 0 Å². The third kappa shape index (κ3) is 5.20. The summed E-state index contributed by atoms with van der Waals surface area (Å²) in [5, 5.41) is 12.4. The average Bonchev–Trinajstić information content (AvgIpc) is 3.07. The number of carbonyl (C=O) groups is 1. The average molecular weight is 434 g/mol. The minimum Gasteiger partial charge on any atom is -0.323 e. The van der Waals surface area contributed by atoms with Crippen molar-refractivity contribution in [3.8, 4) is 6.07 Å². The Balaban J connectivity index is 0.00000300. The van der Waals surface area contributed by atoms with Crippen molar-refractivity contribution >= 4 is 18.3 Å². The first-order valence-corrected chi connectivity index (χ1v) is 9.51. The predicted octanol–water partition coefficient (Wildman–Crippen LogP) is 4.34. The summed E-state index contributed by atoms with van der Waals surface area (Å²) < 4.78 is 52.2. The molecule has 1 aromatic carbocycles. The van der Waals surface area contributed by atoms with Gasteiger partial charge in [0.2, 0.25) is 5.91 Å². The Morgan fingerprint density at radius 2 is 1.83 bits per heavy atom. The van der Waals surface area contributed by atoms with Gasteiger partial charge in [-0.2, -0.15) is 18.4 Å². The van der Waals surface area contributed by atoms with Crippen LogP contribution in [0.4, 0.5) is 17.6 Å². The molecule has 160 valence electrons. The van der Waals surface area contributed by atoms with E-state index in [0.717, 1.165) is 37.0 Å². The van der Waals surface area contributed by atoms with Crippen molar-refractivity contribution in [1.29, 1.82) is 5.26 Å². The summed E-state index contributed by atoms with van der Waals surface area (Å²) in [7, 11) is 0. The van der Waals surface area contributed by atoms with Crippen molar-refractivity contribution in [2.24, 2.45) is 0 Å². The quantitative estimate of drug-likeness (QED) is 0.719. The van der Waals surface area contributed by atoms with Crippen LogP contribution in [0.2, 0.25) is 0 Å². The molecule has 2 aliphatic rings. The molecule has 1 aliphatic carbocycles. The molecule has 4 nitrogen and oxygen atoms in total. The van der Waals surface area contributed by atoms with Crippen molar-refractivity contribution in [3.05, 3.63) is 35.4 Å². The van der Waals surface area contributed by atoms with Crippen LogP contribution in [-0.4, -0.2) is 36.1 Å². The molecule has 0 spiro atoms. The van der Waals surface area contributed by atoms with Crippen LogP contribution in [0.1, 0.15) is 49.7 Å². The Labute approximate surface area is 173 Å². The van der Waals surface area contributed by atoms with Gasteiger partial charge in [-0.25, -0.2) is 4.39 Å². The topological polar surface area (TPSA) is 56.1 Å². The number of halogens is 5. The second-order valence-corrected chi connectivity index (χ2v) is 7.60. The largest absolute Gasteiger partial charge is 0.416 e. The summed E-state index contributed by atoms with van der Waals surface area (Å²) in [6.07, 6.45) is -1.33. The lowest BCUT2D eigenvalue weighted by atomic mass is 9.76. The maximum absolute atomic E-state index is 13.6. The third-order valence-corrected chi connectivity index (χ3v) is 5.77. The van der Waals surface area contributed by atoms with Gasteiger partial charge in [0.05, 0.1) is 24.7 Å². The van der Waals surface area contributed by atoms with Gasteiger partial charge in [-0.05, 0) is 30.5 Å². The summed E-state index contributed by atoms with van der Waals surface area (Å²) in [4.78, 5) is 13.8. The highest BCUT2D eigenvalue weighted by Gasteiger charge is 2.38. The SMILES string of the molecule is Cl.N#C[C@@H]1C[C@H](F)CN1C(=O)CNC1(c2ccc(C(F)(F)F)cc2)CCCCC1. The van der Waals surface area contributed by atoms with E-state index in [0.29, 0.717) is 12.8 Å². The van der Waals surface area contributed by atoms with Crippen LogP contribution >= 0.6 is 12.4 Å². The van der Waals surface area contributed by atoms with Gasteiger partial charge < -0.3 is 4.90 Å². The predicted molar refractivity (Wildman–Crippen MR) is 102 cm³/mol. The zero-order valence-electron chi connectivity index (χ0n) is 15.8. The maximum atomic E-state index is 13.6. The van der Waals surface area contributed by atoms with Crippen LogP contribution in [0.3, 0.4) is 0 Å². The van der Waals surface area contributed by atoms with Gasteiger partial charge in [0.15, 0.2) is 0 Å². The van der Waals surface area contributed by atoms with E-state index in [-0.39, 0.29) is 37.8 Å². The Morgan fingerprint density at radius 1 is 1.21 bits per heavy atom. The van der Waals surface area contributed by atoms with E-state index < -0.39 is 29.5 Å². The van der Waals surface area contributed by atoms with Crippen molar-refractivity contribution in [1.82, 2.24) is 10.2 Å². The molecule has 1 saturated heterocycles. The molecule has 0 unspecified atom stereocenters. The first-order valence-electron chi connectivity index (χ1n) is 9.51. The second kappa shape index (κ2) is 9.31. The van der Waals surface area contributed by atoms with E-state index in [1.165, 1.54) is 17.0 Å². The number of nitriles is 1. The van der Waals surface area contributed by atoms with Crippen LogP contribution in [0.15, 0.2) is 24.3 Å². The highest BCUT2D eigenvalue weighted by molar-refractivity contribution is 5.85. The van der Waals surface area contributed by atoms with Crippen LogP contribution < -0.4 is 5.32 Å². The van der Waals surface area contributed by atoms with Gasteiger partial charge in [-0.3, -0.25) is 10.1 Å². The smallest absolute Gasteiger partial charge is 0.323 e. The van der Waals surface area contributed by atoms with E-state index >= 15 is 0 Å². The fourth-order valence-electron chi connectivity index (χ4n) is 4.23. The molecular formula is C20H24ClF4N3O. The Bertz CT molecular complexity index is 742. The number of nitrogens with one attached hydrogen (secondary N) is 1. The van der Waals surface area contributed by atoms with Crippen LogP contribution in [-0.2, 0) is 16.5 Å². The van der Waals surface area contributed by atoms with E-state index in [1.807, 2.05) is 6.07 Å². The number of hydrogen-bond donors (Lipinski definition) is 1. The van der Waals surface area contributed by atoms with Gasteiger partial charge >= 0.3 is 6.18 Å². The van der Waals surface area contributed by atoms with Crippen molar-refractivity contribution < 1.29 is 22.4 Å². The normalized spacial score (nSPS) is 23.9. The molecule has 2 atom stereocenters.